The highest BCUT2D eigenvalue weighted by molar-refractivity contribution is 6.04. The third-order valence-corrected chi connectivity index (χ3v) is 4.75. The van der Waals surface area contributed by atoms with E-state index in [1.54, 1.807) is 24.3 Å². The first kappa shape index (κ1) is 16.3. The number of carbonyl (C=O) groups excluding carboxylic acids is 1. The van der Waals surface area contributed by atoms with Gasteiger partial charge in [-0.3, -0.25) is 4.79 Å². The molecule has 0 radical (unpaired) electrons. The SMILES string of the molecule is CC(C)(C)C1CCc2onc(C(=O)Nc3ccc(C#N)cc3)c2C1. The standard InChI is InChI=1S/C19H21N3O2/c1-19(2,3)13-6-9-16-15(10-13)17(22-24-16)18(23)21-14-7-4-12(11-20)5-8-14/h4-5,7-8,13H,6,9-10H2,1-3H3,(H,21,23). The number of hydrogen-bond donors (Lipinski definition) is 1. The van der Waals surface area contributed by atoms with Gasteiger partial charge in [-0.2, -0.15) is 5.26 Å². The maximum atomic E-state index is 12.6. The number of nitrogens with zero attached hydrogens (tertiary/aromatic N) is 2. The highest BCUT2D eigenvalue weighted by Gasteiger charge is 2.34. The molecule has 0 aliphatic heterocycles. The van der Waals surface area contributed by atoms with Gasteiger partial charge in [-0.05, 0) is 48.4 Å². The van der Waals surface area contributed by atoms with Gasteiger partial charge in [0, 0.05) is 17.7 Å². The van der Waals surface area contributed by atoms with Gasteiger partial charge in [0.25, 0.3) is 5.91 Å². The maximum absolute atomic E-state index is 12.6. The number of anilines is 1. The van der Waals surface area contributed by atoms with E-state index in [1.807, 2.05) is 0 Å². The summed E-state index contributed by atoms with van der Waals surface area (Å²) in [5, 5.41) is 15.7. The summed E-state index contributed by atoms with van der Waals surface area (Å²) >= 11 is 0. The molecule has 0 saturated heterocycles. The van der Waals surface area contributed by atoms with Crippen LogP contribution >= 0.6 is 0 Å². The monoisotopic (exact) mass is 323 g/mol. The van der Waals surface area contributed by atoms with Crippen molar-refractivity contribution in [2.45, 2.75) is 40.0 Å². The van der Waals surface area contributed by atoms with Crippen LogP contribution in [-0.2, 0) is 12.8 Å². The van der Waals surface area contributed by atoms with Crippen molar-refractivity contribution >= 4 is 11.6 Å². The fourth-order valence-electron chi connectivity index (χ4n) is 3.14. The fraction of sp³-hybridized carbons (Fsp3) is 0.421. The molecule has 124 valence electrons. The summed E-state index contributed by atoms with van der Waals surface area (Å²) in [7, 11) is 0. The van der Waals surface area contributed by atoms with Gasteiger partial charge in [0.1, 0.15) is 5.76 Å². The Bertz CT molecular complexity index is 791. The van der Waals surface area contributed by atoms with E-state index < -0.39 is 0 Å². The number of nitriles is 1. The first-order valence-electron chi connectivity index (χ1n) is 8.17. The van der Waals surface area contributed by atoms with Gasteiger partial charge in [-0.1, -0.05) is 25.9 Å². The average molecular weight is 323 g/mol. The van der Waals surface area contributed by atoms with Gasteiger partial charge in [-0.25, -0.2) is 0 Å². The molecule has 0 spiro atoms. The van der Waals surface area contributed by atoms with E-state index in [-0.39, 0.29) is 11.3 Å². The van der Waals surface area contributed by atoms with Crippen molar-refractivity contribution < 1.29 is 9.32 Å². The average Bonchev–Trinajstić information content (AvgIpc) is 2.98. The van der Waals surface area contributed by atoms with Crippen molar-refractivity contribution in [1.82, 2.24) is 5.16 Å². The third kappa shape index (κ3) is 3.18. The molecule has 0 saturated carbocycles. The molecule has 1 unspecified atom stereocenters. The molecule has 0 fully saturated rings. The van der Waals surface area contributed by atoms with Crippen LogP contribution in [0.4, 0.5) is 5.69 Å². The molecule has 1 aromatic carbocycles. The first-order valence-corrected chi connectivity index (χ1v) is 8.17. The molecule has 1 aliphatic carbocycles. The lowest BCUT2D eigenvalue weighted by atomic mass is 9.71. The van der Waals surface area contributed by atoms with Gasteiger partial charge < -0.3 is 9.84 Å². The predicted molar refractivity (Wildman–Crippen MR) is 90.6 cm³/mol. The quantitative estimate of drug-likeness (QED) is 0.907. The predicted octanol–water partition coefficient (Wildman–Crippen LogP) is 3.95. The minimum absolute atomic E-state index is 0.190. The molecule has 1 aromatic heterocycles. The Kier molecular flexibility index (Phi) is 4.15. The van der Waals surface area contributed by atoms with Crippen molar-refractivity contribution in [3.63, 3.8) is 0 Å². The largest absolute Gasteiger partial charge is 0.360 e. The highest BCUT2D eigenvalue weighted by Crippen LogP contribution is 2.38. The van der Waals surface area contributed by atoms with Crippen LogP contribution < -0.4 is 5.32 Å². The van der Waals surface area contributed by atoms with E-state index in [1.165, 1.54) is 0 Å². The first-order chi connectivity index (χ1) is 11.4. The zero-order chi connectivity index (χ0) is 17.3. The number of aryl methyl sites for hydroxylation is 1. The molecule has 1 heterocycles. The second-order valence-electron chi connectivity index (χ2n) is 7.38. The summed E-state index contributed by atoms with van der Waals surface area (Å²) < 4.78 is 5.39. The van der Waals surface area contributed by atoms with E-state index in [0.29, 0.717) is 22.9 Å². The molecule has 1 aliphatic rings. The fourth-order valence-corrected chi connectivity index (χ4v) is 3.14. The van der Waals surface area contributed by atoms with E-state index >= 15 is 0 Å². The van der Waals surface area contributed by atoms with Crippen LogP contribution in [0.15, 0.2) is 28.8 Å². The second kappa shape index (κ2) is 6.12. The van der Waals surface area contributed by atoms with E-state index in [4.69, 9.17) is 9.78 Å². The Labute approximate surface area is 141 Å². The number of benzene rings is 1. The van der Waals surface area contributed by atoms with Crippen molar-refractivity contribution in [3.05, 3.63) is 46.8 Å². The molecule has 0 bridgehead atoms. The minimum atomic E-state index is -0.265. The Balaban J connectivity index is 1.79. The molecule has 5 nitrogen and oxygen atoms in total. The maximum Gasteiger partial charge on any atom is 0.278 e. The molecule has 5 heteroatoms. The van der Waals surface area contributed by atoms with E-state index in [0.717, 1.165) is 30.6 Å². The van der Waals surface area contributed by atoms with Gasteiger partial charge in [0.05, 0.1) is 11.6 Å². The molecular weight excluding hydrogens is 302 g/mol. The molecule has 3 rings (SSSR count). The lowest BCUT2D eigenvalue weighted by Gasteiger charge is -2.33. The van der Waals surface area contributed by atoms with Crippen LogP contribution in [0, 0.1) is 22.7 Å². The van der Waals surface area contributed by atoms with E-state index in [2.05, 4.69) is 37.3 Å². The van der Waals surface area contributed by atoms with E-state index in [9.17, 15) is 4.79 Å². The number of hydrogen-bond acceptors (Lipinski definition) is 4. The number of fused-ring (bicyclic) bond motifs is 1. The molecule has 1 N–H and O–H groups in total. The van der Waals surface area contributed by atoms with Crippen LogP contribution in [0.3, 0.4) is 0 Å². The smallest absolute Gasteiger partial charge is 0.278 e. The van der Waals surface area contributed by atoms with Crippen molar-refractivity contribution in [1.29, 1.82) is 5.26 Å². The number of carbonyl (C=O) groups is 1. The van der Waals surface area contributed by atoms with Crippen LogP contribution in [-0.4, -0.2) is 11.1 Å². The summed E-state index contributed by atoms with van der Waals surface area (Å²) in [6, 6.07) is 8.81. The Morgan fingerprint density at radius 3 is 2.67 bits per heavy atom. The van der Waals surface area contributed by atoms with Gasteiger partial charge in [0.2, 0.25) is 0 Å². The van der Waals surface area contributed by atoms with Crippen LogP contribution in [0.5, 0.6) is 0 Å². The summed E-state index contributed by atoms with van der Waals surface area (Å²) in [5.74, 6) is 1.07. The van der Waals surface area contributed by atoms with Gasteiger partial charge >= 0.3 is 0 Å². The van der Waals surface area contributed by atoms with Crippen LogP contribution in [0.25, 0.3) is 0 Å². The zero-order valence-electron chi connectivity index (χ0n) is 14.2. The Hall–Kier alpha value is -2.61. The molecular formula is C19H21N3O2. The lowest BCUT2D eigenvalue weighted by molar-refractivity contribution is 0.101. The normalized spacial score (nSPS) is 17.0. The Morgan fingerprint density at radius 2 is 2.04 bits per heavy atom. The third-order valence-electron chi connectivity index (χ3n) is 4.75. The summed E-state index contributed by atoms with van der Waals surface area (Å²) in [4.78, 5) is 12.6. The summed E-state index contributed by atoms with van der Waals surface area (Å²) in [5.41, 5.74) is 2.70. The summed E-state index contributed by atoms with van der Waals surface area (Å²) in [6.07, 6.45) is 2.70. The number of rotatable bonds is 2. The van der Waals surface area contributed by atoms with Gasteiger partial charge in [0.15, 0.2) is 5.69 Å². The molecule has 1 amide bonds. The highest BCUT2D eigenvalue weighted by atomic mass is 16.5. The zero-order valence-corrected chi connectivity index (χ0v) is 14.2. The topological polar surface area (TPSA) is 78.9 Å². The minimum Gasteiger partial charge on any atom is -0.360 e. The number of aromatic nitrogens is 1. The van der Waals surface area contributed by atoms with Crippen LogP contribution in [0.2, 0.25) is 0 Å². The number of nitrogens with one attached hydrogen (secondary N) is 1. The van der Waals surface area contributed by atoms with Crippen molar-refractivity contribution in [2.24, 2.45) is 11.3 Å². The van der Waals surface area contributed by atoms with Crippen LogP contribution in [0.1, 0.15) is 54.6 Å². The number of amides is 1. The Morgan fingerprint density at radius 1 is 1.33 bits per heavy atom. The van der Waals surface area contributed by atoms with Crippen molar-refractivity contribution in [2.75, 3.05) is 5.32 Å². The second-order valence-corrected chi connectivity index (χ2v) is 7.38. The van der Waals surface area contributed by atoms with Gasteiger partial charge in [-0.15, -0.1) is 0 Å². The lowest BCUT2D eigenvalue weighted by Crippen LogP contribution is -2.27. The molecule has 2 aromatic rings. The van der Waals surface area contributed by atoms with Crippen molar-refractivity contribution in [3.8, 4) is 6.07 Å². The molecule has 24 heavy (non-hydrogen) atoms. The molecule has 1 atom stereocenters. The summed E-state index contributed by atoms with van der Waals surface area (Å²) in [6.45, 7) is 6.69.